The number of nitrogens with two attached hydrogens (primary N) is 6. The summed E-state index contributed by atoms with van der Waals surface area (Å²) >= 11 is 0. The molecule has 574 valence electrons. The first-order chi connectivity index (χ1) is 45.8. The highest BCUT2D eigenvalue weighted by Gasteiger charge is 2.28. The van der Waals surface area contributed by atoms with Crippen molar-refractivity contribution in [2.45, 2.75) is 140 Å². The maximum absolute atomic E-state index is 8.64. The molecule has 0 spiro atoms. The van der Waals surface area contributed by atoms with E-state index in [9.17, 15) is 0 Å². The Bertz CT molecular complexity index is 2160. The van der Waals surface area contributed by atoms with Crippen LogP contribution in [0.25, 0.3) is 0 Å². The Morgan fingerprint density at radius 3 is 0.939 bits per heavy atom. The van der Waals surface area contributed by atoms with E-state index >= 15 is 0 Å². The number of aliphatic imine (C=N–C) groups is 6. The van der Waals surface area contributed by atoms with Gasteiger partial charge in [-0.15, -0.1) is 4.99 Å². The molecule has 0 atom stereocenters. The minimum atomic E-state index is 0.127. The quantitative estimate of drug-likeness (QED) is 0.0506. The first-order valence-electron chi connectivity index (χ1n) is 34.1. The molecule has 0 amide bonds. The van der Waals surface area contributed by atoms with Gasteiger partial charge in [0.2, 0.25) is 18.1 Å². The zero-order valence-corrected chi connectivity index (χ0v) is 67.3. The van der Waals surface area contributed by atoms with E-state index in [1.165, 1.54) is 44.9 Å². The summed E-state index contributed by atoms with van der Waals surface area (Å²) in [7, 11) is 33.5. The van der Waals surface area contributed by atoms with Gasteiger partial charge in [0.15, 0.2) is 47.9 Å². The Morgan fingerprint density at radius 1 is 0.418 bits per heavy atom. The Morgan fingerprint density at radius 2 is 0.755 bits per heavy atom. The molecule has 0 aromatic carbocycles. The summed E-state index contributed by atoms with van der Waals surface area (Å²) in [5, 5.41) is 58.8. The van der Waals surface area contributed by atoms with Crippen molar-refractivity contribution in [2.24, 2.45) is 76.2 Å². The van der Waals surface area contributed by atoms with E-state index in [1.54, 1.807) is 63.8 Å². The van der Waals surface area contributed by atoms with E-state index in [1.807, 2.05) is 190 Å². The van der Waals surface area contributed by atoms with Crippen molar-refractivity contribution in [1.29, 1.82) is 37.6 Å². The SMILES string of the molecule is CCN(C)C(=N)C1CC1.CCN(C)C(=N)C1CC1.CCN(C)C(=N)N.CCN(C)C(=N)N(C)C.CCN(C)C(=N)N(C)C.CCN(C)C(=NC1CCCCC1)NC#N.CCN(C)C(N)=NC.CCN(C)C(N)=NC#N.CCN=C(N)N(C)C.CCN=C(N)N(C)C.CCNC(N)=NC. The maximum atomic E-state index is 8.64. The van der Waals surface area contributed by atoms with Crippen LogP contribution in [0.1, 0.15) is 134 Å². The lowest BCUT2D eigenvalue weighted by Crippen LogP contribution is -2.37. The normalized spacial score (nSPS) is 12.9. The van der Waals surface area contributed by atoms with Crippen LogP contribution in [-0.4, -0.2) is 329 Å². The second kappa shape index (κ2) is 68.3. The van der Waals surface area contributed by atoms with E-state index in [4.69, 9.17) is 72.0 Å². The smallest absolute Gasteiger partial charge is 0.209 e. The molecule has 33 heteroatoms. The highest BCUT2D eigenvalue weighted by Crippen LogP contribution is 2.31. The second-order valence-electron chi connectivity index (χ2n) is 23.0. The zero-order valence-electron chi connectivity index (χ0n) is 67.3. The van der Waals surface area contributed by atoms with Crippen LogP contribution in [-0.2, 0) is 0 Å². The Kier molecular flexibility index (Phi) is 73.4. The first kappa shape index (κ1) is 105. The molecule has 0 bridgehead atoms. The number of nitrogens with one attached hydrogen (secondary N) is 7. The largest absolute Gasteiger partial charge is 0.370 e. The highest BCUT2D eigenvalue weighted by atomic mass is 15.3. The molecule has 33 nitrogen and oxygen atoms in total. The van der Waals surface area contributed by atoms with Crippen LogP contribution >= 0.6 is 0 Å². The molecule has 98 heavy (non-hydrogen) atoms. The van der Waals surface area contributed by atoms with E-state index in [2.05, 4.69) is 61.4 Å². The number of hydrogen-bond donors (Lipinski definition) is 13. The van der Waals surface area contributed by atoms with Crippen molar-refractivity contribution in [3.63, 3.8) is 0 Å². The molecule has 0 unspecified atom stereocenters. The van der Waals surface area contributed by atoms with Crippen molar-refractivity contribution in [3.8, 4) is 12.4 Å². The molecule has 19 N–H and O–H groups in total. The molecule has 3 aliphatic carbocycles. The number of amidine groups is 2. The molecule has 0 heterocycles. The van der Waals surface area contributed by atoms with Crippen molar-refractivity contribution in [3.05, 3.63) is 0 Å². The average Bonchev–Trinajstić information content (AvgIpc) is 1.73. The van der Waals surface area contributed by atoms with Crippen molar-refractivity contribution in [2.75, 3.05) is 199 Å². The molecular formula is C65H149N33. The van der Waals surface area contributed by atoms with Crippen LogP contribution in [0.3, 0.4) is 0 Å². The van der Waals surface area contributed by atoms with Crippen molar-refractivity contribution in [1.82, 2.24) is 69.4 Å². The predicted octanol–water partition coefficient (Wildman–Crippen LogP) is 3.97. The molecule has 0 saturated heterocycles. The molecule has 0 aromatic heterocycles. The number of hydrogen-bond acceptors (Lipinski definition) is 13. The molecular weight excluding hydrogens is 1240 g/mol. The van der Waals surface area contributed by atoms with Crippen LogP contribution in [0.2, 0.25) is 0 Å². The summed E-state index contributed by atoms with van der Waals surface area (Å²) in [5.74, 6) is 7.36. The Hall–Kier alpha value is -8.65. The number of rotatable bonds is 14. The summed E-state index contributed by atoms with van der Waals surface area (Å²) in [6.07, 6.45) is 14.7. The van der Waals surface area contributed by atoms with Gasteiger partial charge >= 0.3 is 0 Å². The van der Waals surface area contributed by atoms with Gasteiger partial charge in [-0.05, 0) is 115 Å². The third kappa shape index (κ3) is 64.7. The zero-order chi connectivity index (χ0) is 78.2. The van der Waals surface area contributed by atoms with Crippen LogP contribution in [0, 0.1) is 61.8 Å². The Labute approximate surface area is 597 Å². The third-order valence-electron chi connectivity index (χ3n) is 14.3. The first-order valence-corrected chi connectivity index (χ1v) is 34.1. The lowest BCUT2D eigenvalue weighted by molar-refractivity contribution is 0.431. The van der Waals surface area contributed by atoms with Crippen molar-refractivity contribution >= 4 is 65.3 Å². The van der Waals surface area contributed by atoms with E-state index in [-0.39, 0.29) is 11.9 Å². The Balaban J connectivity index is -0.000000153. The van der Waals surface area contributed by atoms with Crippen molar-refractivity contribution < 1.29 is 0 Å². The molecule has 3 saturated carbocycles. The molecule has 3 fully saturated rings. The van der Waals surface area contributed by atoms with Gasteiger partial charge in [0, 0.05) is 211 Å². The standard InChI is InChI=1S/C11H20N4.2C7H14N2.2C6H15N3.C5H10N4.3C5H13N3.2C4H11N3/c1-3-15(2)11(13-9-12)14-10-7-5-4-6-8-10;2*1-3-9(2)7(8)6-4-5-6;2*1-5-9(4)6(7)8(2)3;1-3-9(2)5(7)8-4-6;2*1-4-7-5(6)8(2)3;1-4-8(3)5(6)7-2;1-3-7(2)4(5)6;1-3-7-4(5)6-2/h10H,3-8H2,1-2H3,(H,13,14);2*6,8H,3-5H2,1-2H3;2*7H,5H2,1-4H3;3H2,1-2H3,(H2,7,8);3*4H2,1-3H3,(H2,6,7);3H2,1-2H3,(H3,5,6);3H2,1-2H3,(H3,5,6,7). The summed E-state index contributed by atoms with van der Waals surface area (Å²) < 4.78 is 0. The van der Waals surface area contributed by atoms with Gasteiger partial charge in [-0.3, -0.25) is 52.3 Å². The predicted molar refractivity (Wildman–Crippen MR) is 423 cm³/mol. The number of nitriles is 2. The minimum Gasteiger partial charge on any atom is -0.370 e. The summed E-state index contributed by atoms with van der Waals surface area (Å²) in [5.41, 5.74) is 31.8. The second-order valence-corrected chi connectivity index (χ2v) is 23.0. The monoisotopic (exact) mass is 1390 g/mol. The van der Waals surface area contributed by atoms with Gasteiger partial charge in [0.05, 0.1) is 17.7 Å². The molecule has 0 aliphatic heterocycles. The topological polar surface area (TPSA) is 460 Å². The fraction of sp³-hybridized carbons (Fsp3) is 0.800. The minimum absolute atomic E-state index is 0.127. The summed E-state index contributed by atoms with van der Waals surface area (Å²) in [6.45, 7) is 31.4. The van der Waals surface area contributed by atoms with Gasteiger partial charge < -0.3 is 98.5 Å². The van der Waals surface area contributed by atoms with E-state index in [0.717, 1.165) is 96.5 Å². The number of guanidine groups is 9. The van der Waals surface area contributed by atoms with Gasteiger partial charge in [-0.2, -0.15) is 10.5 Å². The van der Waals surface area contributed by atoms with Crippen LogP contribution in [0.4, 0.5) is 0 Å². The van der Waals surface area contributed by atoms with E-state index in [0.29, 0.717) is 59.6 Å². The fourth-order valence-electron chi connectivity index (χ4n) is 6.14. The molecule has 0 aromatic rings. The molecule has 0 radical (unpaired) electrons. The van der Waals surface area contributed by atoms with Gasteiger partial charge in [0.25, 0.3) is 0 Å². The van der Waals surface area contributed by atoms with Crippen LogP contribution in [0.15, 0.2) is 30.0 Å². The highest BCUT2D eigenvalue weighted by molar-refractivity contribution is 5.84. The third-order valence-corrected chi connectivity index (χ3v) is 14.3. The summed E-state index contributed by atoms with van der Waals surface area (Å²) in [4.78, 5) is 45.3. The molecule has 3 aliphatic rings. The lowest BCUT2D eigenvalue weighted by atomic mass is 9.96. The average molecular weight is 1390 g/mol. The number of nitrogens with zero attached hydrogens (tertiary/aromatic N) is 20. The van der Waals surface area contributed by atoms with Gasteiger partial charge in [-0.1, -0.05) is 19.3 Å². The van der Waals surface area contributed by atoms with Gasteiger partial charge in [0.1, 0.15) is 0 Å². The van der Waals surface area contributed by atoms with Crippen LogP contribution < -0.4 is 45.0 Å². The molecule has 3 rings (SSSR count). The maximum Gasteiger partial charge on any atom is 0.209 e. The van der Waals surface area contributed by atoms with E-state index < -0.39 is 0 Å². The van der Waals surface area contributed by atoms with Crippen LogP contribution in [0.5, 0.6) is 0 Å². The lowest BCUT2D eigenvalue weighted by Gasteiger charge is -2.23. The fourth-order valence-corrected chi connectivity index (χ4v) is 6.14. The summed E-state index contributed by atoms with van der Waals surface area (Å²) in [6, 6.07) is 0.406. The van der Waals surface area contributed by atoms with Gasteiger partial charge in [-0.25, -0.2) is 4.99 Å².